The zero-order chi connectivity index (χ0) is 12.8. The molecule has 6 nitrogen and oxygen atoms in total. The van der Waals surface area contributed by atoms with Crippen LogP contribution < -0.4 is 21.3 Å². The number of hydrogen-bond donors (Lipinski definition) is 3. The van der Waals surface area contributed by atoms with Gasteiger partial charge in [0.15, 0.2) is 0 Å². The van der Waals surface area contributed by atoms with E-state index in [1.54, 1.807) is 19.5 Å². The van der Waals surface area contributed by atoms with Gasteiger partial charge in [-0.1, -0.05) is 6.07 Å². The third kappa shape index (κ3) is 3.08. The van der Waals surface area contributed by atoms with Gasteiger partial charge in [0, 0.05) is 36.8 Å². The highest BCUT2D eigenvalue weighted by molar-refractivity contribution is 5.51. The van der Waals surface area contributed by atoms with Gasteiger partial charge in [-0.05, 0) is 11.6 Å². The minimum absolute atomic E-state index is 0.609. The number of nitrogens with two attached hydrogens (primary N) is 1. The van der Waals surface area contributed by atoms with Gasteiger partial charge in [0.1, 0.15) is 5.82 Å². The average molecular weight is 245 g/mol. The minimum Gasteiger partial charge on any atom is -0.481 e. The lowest BCUT2D eigenvalue weighted by atomic mass is 10.2. The molecule has 0 atom stereocenters. The number of methoxy groups -OCH3 is 1. The van der Waals surface area contributed by atoms with Crippen LogP contribution in [0.25, 0.3) is 0 Å². The van der Waals surface area contributed by atoms with E-state index in [1.165, 1.54) is 0 Å². The second-order valence-electron chi connectivity index (χ2n) is 3.64. The lowest BCUT2D eigenvalue weighted by molar-refractivity contribution is 0.397. The molecular formula is C12H15N5O. The molecule has 0 aliphatic rings. The van der Waals surface area contributed by atoms with Crippen LogP contribution in [0.1, 0.15) is 5.56 Å². The van der Waals surface area contributed by atoms with Crippen molar-refractivity contribution in [3.8, 4) is 5.88 Å². The molecule has 2 heterocycles. The summed E-state index contributed by atoms with van der Waals surface area (Å²) in [7, 11) is 1.60. The molecule has 2 aromatic heterocycles. The van der Waals surface area contributed by atoms with Gasteiger partial charge in [0.05, 0.1) is 7.11 Å². The van der Waals surface area contributed by atoms with E-state index in [9.17, 15) is 0 Å². The summed E-state index contributed by atoms with van der Waals surface area (Å²) < 4.78 is 5.00. The zero-order valence-electron chi connectivity index (χ0n) is 10.1. The number of hydrogen-bond acceptors (Lipinski definition) is 6. The lowest BCUT2D eigenvalue weighted by Gasteiger charge is -2.08. The van der Waals surface area contributed by atoms with Crippen LogP contribution in [0.5, 0.6) is 5.88 Å². The highest BCUT2D eigenvalue weighted by atomic mass is 16.5. The van der Waals surface area contributed by atoms with Crippen LogP contribution in [0.3, 0.4) is 0 Å². The summed E-state index contributed by atoms with van der Waals surface area (Å²) in [6, 6.07) is 7.49. The van der Waals surface area contributed by atoms with Gasteiger partial charge < -0.3 is 15.5 Å². The van der Waals surface area contributed by atoms with Crippen molar-refractivity contribution < 1.29 is 4.74 Å². The Morgan fingerprint density at radius 2 is 2.17 bits per heavy atom. The fourth-order valence-corrected chi connectivity index (χ4v) is 1.46. The fourth-order valence-electron chi connectivity index (χ4n) is 1.46. The van der Waals surface area contributed by atoms with Crippen molar-refractivity contribution >= 4 is 11.5 Å². The number of nitrogen functional groups attached to an aromatic ring is 1. The second-order valence-corrected chi connectivity index (χ2v) is 3.64. The van der Waals surface area contributed by atoms with Crippen molar-refractivity contribution in [1.82, 2.24) is 9.97 Å². The van der Waals surface area contributed by atoms with E-state index in [1.807, 2.05) is 24.3 Å². The van der Waals surface area contributed by atoms with Crippen LogP contribution in [0.15, 0.2) is 36.7 Å². The molecule has 0 bridgehead atoms. The van der Waals surface area contributed by atoms with E-state index in [0.717, 1.165) is 11.3 Å². The third-order valence-electron chi connectivity index (χ3n) is 2.41. The first-order chi connectivity index (χ1) is 8.81. The zero-order valence-corrected chi connectivity index (χ0v) is 10.1. The van der Waals surface area contributed by atoms with Gasteiger partial charge in [0.2, 0.25) is 5.88 Å². The topological polar surface area (TPSA) is 85.1 Å². The molecule has 0 spiro atoms. The average Bonchev–Trinajstić information content (AvgIpc) is 2.46. The Balaban J connectivity index is 1.97. The van der Waals surface area contributed by atoms with Crippen LogP contribution in [-0.4, -0.2) is 17.1 Å². The maximum Gasteiger partial charge on any atom is 0.212 e. The number of rotatable bonds is 5. The van der Waals surface area contributed by atoms with E-state index in [0.29, 0.717) is 18.2 Å². The summed E-state index contributed by atoms with van der Waals surface area (Å²) in [4.78, 5) is 8.17. The van der Waals surface area contributed by atoms with Crippen LogP contribution in [0.4, 0.5) is 11.5 Å². The summed E-state index contributed by atoms with van der Waals surface area (Å²) >= 11 is 0. The van der Waals surface area contributed by atoms with Gasteiger partial charge in [-0.3, -0.25) is 0 Å². The van der Waals surface area contributed by atoms with Gasteiger partial charge in [-0.2, -0.15) is 0 Å². The number of anilines is 2. The maximum atomic E-state index is 5.29. The summed E-state index contributed by atoms with van der Waals surface area (Å²) in [5.41, 5.74) is 4.50. The standard InChI is InChI=1S/C12H15N5O/c1-18-12-3-2-9(8-16-12)7-15-10-4-5-14-11(6-10)17-13/h2-6,8H,7,13H2,1H3,(H2,14,15,17). The van der Waals surface area contributed by atoms with E-state index in [-0.39, 0.29) is 0 Å². The molecule has 0 aromatic carbocycles. The highest BCUT2D eigenvalue weighted by Crippen LogP contribution is 2.13. The summed E-state index contributed by atoms with van der Waals surface area (Å²) in [5, 5.41) is 3.26. The number of pyridine rings is 2. The number of hydrazine groups is 1. The van der Waals surface area contributed by atoms with Crippen LogP contribution >= 0.6 is 0 Å². The molecule has 0 saturated heterocycles. The van der Waals surface area contributed by atoms with Gasteiger partial charge in [0.25, 0.3) is 0 Å². The SMILES string of the molecule is COc1ccc(CNc2ccnc(NN)c2)cn1. The quantitative estimate of drug-likeness (QED) is 0.545. The van der Waals surface area contributed by atoms with Crippen molar-refractivity contribution in [2.24, 2.45) is 5.84 Å². The van der Waals surface area contributed by atoms with E-state index < -0.39 is 0 Å². The number of aromatic nitrogens is 2. The molecule has 0 saturated carbocycles. The Morgan fingerprint density at radius 3 is 2.83 bits per heavy atom. The van der Waals surface area contributed by atoms with Gasteiger partial charge in [-0.25, -0.2) is 15.8 Å². The Labute approximate surface area is 105 Å². The third-order valence-corrected chi connectivity index (χ3v) is 2.41. The van der Waals surface area contributed by atoms with Crippen LogP contribution in [-0.2, 0) is 6.54 Å². The first kappa shape index (κ1) is 12.1. The first-order valence-electron chi connectivity index (χ1n) is 5.47. The van der Waals surface area contributed by atoms with E-state index in [4.69, 9.17) is 10.6 Å². The smallest absolute Gasteiger partial charge is 0.212 e. The molecule has 94 valence electrons. The molecule has 6 heteroatoms. The number of ether oxygens (including phenoxy) is 1. The summed E-state index contributed by atoms with van der Waals surface area (Å²) in [5.74, 6) is 6.52. The van der Waals surface area contributed by atoms with Gasteiger partial charge in [-0.15, -0.1) is 0 Å². The van der Waals surface area contributed by atoms with Crippen molar-refractivity contribution in [2.75, 3.05) is 17.9 Å². The minimum atomic E-state index is 0.609. The molecule has 0 amide bonds. The Bertz CT molecular complexity index is 500. The predicted molar refractivity (Wildman–Crippen MR) is 70.2 cm³/mol. The normalized spacial score (nSPS) is 9.89. The van der Waals surface area contributed by atoms with E-state index >= 15 is 0 Å². The van der Waals surface area contributed by atoms with E-state index in [2.05, 4.69) is 20.7 Å². The van der Waals surface area contributed by atoms with Crippen molar-refractivity contribution in [3.63, 3.8) is 0 Å². The lowest BCUT2D eigenvalue weighted by Crippen LogP contribution is -2.09. The molecular weight excluding hydrogens is 230 g/mol. The molecule has 2 rings (SSSR count). The Morgan fingerprint density at radius 1 is 1.28 bits per heavy atom. The maximum absolute atomic E-state index is 5.29. The molecule has 4 N–H and O–H groups in total. The molecule has 0 aliphatic heterocycles. The summed E-state index contributed by atoms with van der Waals surface area (Å²) in [6.45, 7) is 0.672. The fraction of sp³-hybridized carbons (Fsp3) is 0.167. The van der Waals surface area contributed by atoms with Crippen molar-refractivity contribution in [2.45, 2.75) is 6.54 Å². The molecule has 2 aromatic rings. The van der Waals surface area contributed by atoms with Crippen LogP contribution in [0.2, 0.25) is 0 Å². The predicted octanol–water partition coefficient (Wildman–Crippen LogP) is 1.38. The Kier molecular flexibility index (Phi) is 3.93. The van der Waals surface area contributed by atoms with Crippen molar-refractivity contribution in [3.05, 3.63) is 42.2 Å². The highest BCUT2D eigenvalue weighted by Gasteiger charge is 1.98. The Hall–Kier alpha value is -2.34. The summed E-state index contributed by atoms with van der Waals surface area (Å²) in [6.07, 6.45) is 3.46. The monoisotopic (exact) mass is 245 g/mol. The van der Waals surface area contributed by atoms with Gasteiger partial charge >= 0.3 is 0 Å². The second kappa shape index (κ2) is 5.83. The molecule has 0 fully saturated rings. The van der Waals surface area contributed by atoms with Crippen LogP contribution in [0, 0.1) is 0 Å². The molecule has 18 heavy (non-hydrogen) atoms. The molecule has 0 unspecified atom stereocenters. The number of nitrogens with zero attached hydrogens (tertiary/aromatic N) is 2. The van der Waals surface area contributed by atoms with Crippen molar-refractivity contribution in [1.29, 1.82) is 0 Å². The molecule has 0 aliphatic carbocycles. The molecule has 0 radical (unpaired) electrons. The number of nitrogens with one attached hydrogen (secondary N) is 2. The first-order valence-corrected chi connectivity index (χ1v) is 5.47. The largest absolute Gasteiger partial charge is 0.481 e.